The maximum atomic E-state index is 10.7. The monoisotopic (exact) mass is 229 g/mol. The zero-order valence-corrected chi connectivity index (χ0v) is 9.60. The van der Waals surface area contributed by atoms with Crippen LogP contribution in [0.2, 0.25) is 0 Å². The number of nitrogens with zero attached hydrogens (tertiary/aromatic N) is 1. The molecule has 1 saturated carbocycles. The fourth-order valence-electron chi connectivity index (χ4n) is 2.25. The quantitative estimate of drug-likeness (QED) is 0.875. The second-order valence-corrected chi connectivity index (χ2v) is 4.88. The number of rotatable bonds is 4. The first-order valence-electron chi connectivity index (χ1n) is 6.02. The zero-order chi connectivity index (χ0) is 11.8. The third-order valence-electron chi connectivity index (χ3n) is 3.35. The van der Waals surface area contributed by atoms with Crippen LogP contribution in [0.15, 0.2) is 30.5 Å². The van der Waals surface area contributed by atoms with Crippen LogP contribution in [0.1, 0.15) is 18.4 Å². The Morgan fingerprint density at radius 1 is 1.35 bits per heavy atom. The summed E-state index contributed by atoms with van der Waals surface area (Å²) in [6, 6.07) is 8.02. The van der Waals surface area contributed by atoms with E-state index in [4.69, 9.17) is 5.11 Å². The summed E-state index contributed by atoms with van der Waals surface area (Å²) < 4.78 is 2.25. The van der Waals surface area contributed by atoms with Gasteiger partial charge in [-0.1, -0.05) is 12.1 Å². The van der Waals surface area contributed by atoms with Crippen LogP contribution in [0.4, 0.5) is 0 Å². The van der Waals surface area contributed by atoms with Crippen molar-refractivity contribution in [3.05, 3.63) is 36.0 Å². The zero-order valence-electron chi connectivity index (χ0n) is 9.60. The summed E-state index contributed by atoms with van der Waals surface area (Å²) in [4.78, 5) is 10.7. The normalized spacial score (nSPS) is 15.3. The van der Waals surface area contributed by atoms with E-state index in [0.29, 0.717) is 0 Å². The highest BCUT2D eigenvalue weighted by Gasteiger charge is 2.22. The van der Waals surface area contributed by atoms with Gasteiger partial charge in [0, 0.05) is 18.3 Å². The number of hydrogen-bond donors (Lipinski definition) is 1. The number of carboxylic acids is 1. The van der Waals surface area contributed by atoms with Crippen molar-refractivity contribution < 1.29 is 9.90 Å². The van der Waals surface area contributed by atoms with E-state index in [1.807, 2.05) is 18.2 Å². The highest BCUT2D eigenvalue weighted by atomic mass is 16.4. The molecule has 1 heterocycles. The summed E-state index contributed by atoms with van der Waals surface area (Å²) >= 11 is 0. The molecular formula is C14H15NO2. The van der Waals surface area contributed by atoms with E-state index in [2.05, 4.69) is 16.8 Å². The van der Waals surface area contributed by atoms with Crippen molar-refractivity contribution in [2.45, 2.75) is 25.8 Å². The van der Waals surface area contributed by atoms with Crippen molar-refractivity contribution in [3.63, 3.8) is 0 Å². The minimum absolute atomic E-state index is 0.102. The maximum absolute atomic E-state index is 10.7. The topological polar surface area (TPSA) is 42.2 Å². The Morgan fingerprint density at radius 3 is 2.88 bits per heavy atom. The van der Waals surface area contributed by atoms with Gasteiger partial charge in [-0.25, -0.2) is 0 Å². The van der Waals surface area contributed by atoms with Gasteiger partial charge in [0.15, 0.2) is 0 Å². The van der Waals surface area contributed by atoms with Crippen molar-refractivity contribution in [2.75, 3.05) is 0 Å². The third-order valence-corrected chi connectivity index (χ3v) is 3.35. The molecule has 1 aliphatic rings. The summed E-state index contributed by atoms with van der Waals surface area (Å²) in [5, 5.41) is 10.0. The third kappa shape index (κ3) is 2.18. The standard InChI is InChI=1S/C14H15NO2/c16-14(17)8-11-3-4-12-5-6-15(13(12)7-11)9-10-1-2-10/h3-7,10H,1-2,8-9H2,(H,16,17). The van der Waals surface area contributed by atoms with Gasteiger partial charge in [0.1, 0.15) is 0 Å². The van der Waals surface area contributed by atoms with E-state index in [1.165, 1.54) is 18.2 Å². The van der Waals surface area contributed by atoms with Crippen LogP contribution in [0, 0.1) is 5.92 Å². The van der Waals surface area contributed by atoms with Gasteiger partial charge in [-0.2, -0.15) is 0 Å². The minimum atomic E-state index is -0.773. The van der Waals surface area contributed by atoms with Crippen molar-refractivity contribution in [2.24, 2.45) is 5.92 Å². The van der Waals surface area contributed by atoms with Gasteiger partial charge in [-0.05, 0) is 41.8 Å². The smallest absolute Gasteiger partial charge is 0.307 e. The first-order chi connectivity index (χ1) is 8.22. The summed E-state index contributed by atoms with van der Waals surface area (Å²) in [6.07, 6.45) is 4.86. The largest absolute Gasteiger partial charge is 0.481 e. The van der Waals surface area contributed by atoms with E-state index in [-0.39, 0.29) is 6.42 Å². The molecule has 3 nitrogen and oxygen atoms in total. The lowest BCUT2D eigenvalue weighted by Gasteiger charge is -2.05. The fraction of sp³-hybridized carbons (Fsp3) is 0.357. The number of carbonyl (C=O) groups is 1. The molecule has 0 aliphatic heterocycles. The van der Waals surface area contributed by atoms with Crippen molar-refractivity contribution >= 4 is 16.9 Å². The van der Waals surface area contributed by atoms with Gasteiger partial charge in [-0.15, -0.1) is 0 Å². The van der Waals surface area contributed by atoms with Gasteiger partial charge in [-0.3, -0.25) is 4.79 Å². The minimum Gasteiger partial charge on any atom is -0.481 e. The first kappa shape index (κ1) is 10.4. The molecule has 3 heteroatoms. The Labute approximate surface area is 99.7 Å². The molecule has 1 aromatic heterocycles. The van der Waals surface area contributed by atoms with Crippen LogP contribution in [0.3, 0.4) is 0 Å². The molecule has 1 aliphatic carbocycles. The molecule has 1 N–H and O–H groups in total. The van der Waals surface area contributed by atoms with Gasteiger partial charge in [0.25, 0.3) is 0 Å². The molecular weight excluding hydrogens is 214 g/mol. The highest BCUT2D eigenvalue weighted by molar-refractivity contribution is 5.82. The van der Waals surface area contributed by atoms with E-state index in [0.717, 1.165) is 23.5 Å². The molecule has 0 unspecified atom stereocenters. The average Bonchev–Trinajstić information content (AvgIpc) is 3.00. The Morgan fingerprint density at radius 2 is 2.18 bits per heavy atom. The predicted molar refractivity (Wildman–Crippen MR) is 66.0 cm³/mol. The second kappa shape index (κ2) is 3.91. The Hall–Kier alpha value is -1.77. The van der Waals surface area contributed by atoms with Crippen molar-refractivity contribution in [1.82, 2.24) is 4.57 Å². The van der Waals surface area contributed by atoms with Crippen LogP contribution in [-0.4, -0.2) is 15.6 Å². The first-order valence-corrected chi connectivity index (χ1v) is 6.02. The van der Waals surface area contributed by atoms with E-state index < -0.39 is 5.97 Å². The molecule has 0 bridgehead atoms. The number of carboxylic acid groups (broad SMARTS) is 1. The molecule has 3 rings (SSSR count). The molecule has 0 atom stereocenters. The second-order valence-electron chi connectivity index (χ2n) is 4.88. The Kier molecular flexibility index (Phi) is 2.39. The van der Waals surface area contributed by atoms with E-state index in [1.54, 1.807) is 0 Å². The number of fused-ring (bicyclic) bond motifs is 1. The van der Waals surface area contributed by atoms with Gasteiger partial charge in [0.2, 0.25) is 0 Å². The van der Waals surface area contributed by atoms with E-state index >= 15 is 0 Å². The van der Waals surface area contributed by atoms with Crippen molar-refractivity contribution in [3.8, 4) is 0 Å². The number of benzene rings is 1. The molecule has 0 amide bonds. The van der Waals surface area contributed by atoms with Crippen LogP contribution < -0.4 is 0 Å². The molecule has 1 fully saturated rings. The average molecular weight is 229 g/mol. The molecule has 0 radical (unpaired) electrons. The SMILES string of the molecule is O=C(O)Cc1ccc2ccn(CC3CC3)c2c1. The molecule has 17 heavy (non-hydrogen) atoms. The lowest BCUT2D eigenvalue weighted by atomic mass is 10.1. The van der Waals surface area contributed by atoms with Gasteiger partial charge < -0.3 is 9.67 Å². The molecule has 0 spiro atoms. The lowest BCUT2D eigenvalue weighted by Crippen LogP contribution is -2.01. The number of aromatic nitrogens is 1. The van der Waals surface area contributed by atoms with Crippen LogP contribution in [0.5, 0.6) is 0 Å². The summed E-state index contributed by atoms with van der Waals surface area (Å²) in [5.74, 6) is 0.0541. The fourth-order valence-corrected chi connectivity index (χ4v) is 2.25. The summed E-state index contributed by atoms with van der Waals surface area (Å²) in [5.41, 5.74) is 2.04. The molecule has 2 aromatic rings. The van der Waals surface area contributed by atoms with Crippen LogP contribution in [0.25, 0.3) is 10.9 Å². The van der Waals surface area contributed by atoms with Crippen LogP contribution >= 0.6 is 0 Å². The van der Waals surface area contributed by atoms with E-state index in [9.17, 15) is 4.79 Å². The molecule has 1 aromatic carbocycles. The highest BCUT2D eigenvalue weighted by Crippen LogP contribution is 2.32. The lowest BCUT2D eigenvalue weighted by molar-refractivity contribution is -0.136. The number of hydrogen-bond acceptors (Lipinski definition) is 1. The van der Waals surface area contributed by atoms with Gasteiger partial charge in [0.05, 0.1) is 6.42 Å². The molecule has 0 saturated heterocycles. The van der Waals surface area contributed by atoms with Crippen LogP contribution in [-0.2, 0) is 17.8 Å². The van der Waals surface area contributed by atoms with Gasteiger partial charge >= 0.3 is 5.97 Å². The number of aliphatic carboxylic acids is 1. The summed E-state index contributed by atoms with van der Waals surface area (Å²) in [7, 11) is 0. The summed E-state index contributed by atoms with van der Waals surface area (Å²) in [6.45, 7) is 1.07. The predicted octanol–water partition coefficient (Wildman–Crippen LogP) is 2.68. The Bertz CT molecular complexity index is 567. The molecule has 88 valence electrons. The Balaban J connectivity index is 1.96. The maximum Gasteiger partial charge on any atom is 0.307 e. The van der Waals surface area contributed by atoms with Crippen molar-refractivity contribution in [1.29, 1.82) is 0 Å².